The summed E-state index contributed by atoms with van der Waals surface area (Å²) in [5.74, 6) is 1.85. The lowest BCUT2D eigenvalue weighted by atomic mass is 10.2. The average molecular weight is 289 g/mol. The van der Waals surface area contributed by atoms with Crippen LogP contribution in [0.4, 0.5) is 5.69 Å². The third kappa shape index (κ3) is 4.84. The topological polar surface area (TPSA) is 12.0 Å². The molecule has 0 bridgehead atoms. The monoisotopic (exact) mass is 289 g/mol. The van der Waals surface area contributed by atoms with Gasteiger partial charge in [-0.1, -0.05) is 29.8 Å². The molecule has 2 aromatic carbocycles. The van der Waals surface area contributed by atoms with Crippen LogP contribution in [-0.4, -0.2) is 12.3 Å². The van der Waals surface area contributed by atoms with Crippen molar-refractivity contribution >= 4 is 30.1 Å². The van der Waals surface area contributed by atoms with Gasteiger partial charge in [-0.15, -0.1) is 11.8 Å². The van der Waals surface area contributed by atoms with E-state index in [1.54, 1.807) is 0 Å². The van der Waals surface area contributed by atoms with Crippen molar-refractivity contribution in [2.24, 2.45) is 0 Å². The molecule has 2 rings (SSSR count). The summed E-state index contributed by atoms with van der Waals surface area (Å²) in [6.45, 7) is 3.03. The molecule has 0 saturated heterocycles. The maximum Gasteiger partial charge on any atom is 0.0343 e. The summed E-state index contributed by atoms with van der Waals surface area (Å²) in [6, 6.07) is 17.2. The van der Waals surface area contributed by atoms with Crippen molar-refractivity contribution in [2.45, 2.75) is 17.6 Å². The van der Waals surface area contributed by atoms with Gasteiger partial charge in [0.2, 0.25) is 0 Å². The van der Waals surface area contributed by atoms with Gasteiger partial charge < -0.3 is 5.32 Å². The molecule has 100 valence electrons. The molecule has 19 heavy (non-hydrogen) atoms. The lowest BCUT2D eigenvalue weighted by Crippen LogP contribution is -2.02. The fourth-order valence-corrected chi connectivity index (χ4v) is 2.91. The number of anilines is 1. The first-order chi connectivity index (χ1) is 9.28. The van der Waals surface area contributed by atoms with E-state index in [-0.39, 0.29) is 0 Å². The molecule has 0 heterocycles. The molecule has 1 N–H and O–H groups in total. The van der Waals surface area contributed by atoms with Crippen LogP contribution in [0.15, 0.2) is 53.4 Å². The van der Waals surface area contributed by atoms with Crippen LogP contribution in [-0.2, 0) is 5.75 Å². The lowest BCUT2D eigenvalue weighted by Gasteiger charge is -2.07. The molecule has 1 nitrogen and oxygen atoms in total. The van der Waals surface area contributed by atoms with Crippen LogP contribution in [0.5, 0.6) is 0 Å². The first-order valence-electron chi connectivity index (χ1n) is 6.41. The van der Waals surface area contributed by atoms with Gasteiger partial charge in [0.15, 0.2) is 0 Å². The molecule has 0 atom stereocenters. The van der Waals surface area contributed by atoms with Crippen molar-refractivity contribution in [3.63, 3.8) is 0 Å². The number of hydrogen-bond donors (Lipinski definition) is 2. The zero-order valence-electron chi connectivity index (χ0n) is 11.1. The van der Waals surface area contributed by atoms with Crippen molar-refractivity contribution in [3.8, 4) is 0 Å². The number of benzene rings is 2. The largest absolute Gasteiger partial charge is 0.384 e. The molecule has 0 aliphatic rings. The molecule has 0 fully saturated rings. The summed E-state index contributed by atoms with van der Waals surface area (Å²) in [5, 5.41) is 3.36. The zero-order valence-corrected chi connectivity index (χ0v) is 12.8. The number of aryl methyl sites for hydroxylation is 1. The van der Waals surface area contributed by atoms with E-state index in [4.69, 9.17) is 0 Å². The van der Waals surface area contributed by atoms with Gasteiger partial charge in [0.05, 0.1) is 0 Å². The maximum absolute atomic E-state index is 4.21. The van der Waals surface area contributed by atoms with Gasteiger partial charge >= 0.3 is 0 Å². The van der Waals surface area contributed by atoms with Gasteiger partial charge in [-0.25, -0.2) is 0 Å². The first kappa shape index (κ1) is 14.4. The Morgan fingerprint density at radius 2 is 1.95 bits per heavy atom. The summed E-state index contributed by atoms with van der Waals surface area (Å²) < 4.78 is 0. The number of nitrogens with one attached hydrogen (secondary N) is 1. The van der Waals surface area contributed by atoms with E-state index in [2.05, 4.69) is 73.4 Å². The zero-order chi connectivity index (χ0) is 13.5. The molecule has 3 heteroatoms. The Labute approximate surface area is 125 Å². The van der Waals surface area contributed by atoms with Gasteiger partial charge in [0.25, 0.3) is 0 Å². The van der Waals surface area contributed by atoms with Crippen LogP contribution < -0.4 is 5.32 Å². The third-order valence-corrected chi connectivity index (χ3v) is 4.05. The van der Waals surface area contributed by atoms with E-state index in [9.17, 15) is 0 Å². The highest BCUT2D eigenvalue weighted by atomic mass is 32.2. The molecule has 2 aromatic rings. The van der Waals surface area contributed by atoms with Crippen LogP contribution in [0.1, 0.15) is 11.1 Å². The summed E-state index contributed by atoms with van der Waals surface area (Å²) in [5.41, 5.74) is 3.83. The van der Waals surface area contributed by atoms with Gasteiger partial charge in [-0.3, -0.25) is 0 Å². The van der Waals surface area contributed by atoms with Crippen molar-refractivity contribution in [2.75, 3.05) is 17.6 Å². The highest BCUT2D eigenvalue weighted by Gasteiger charge is 1.98. The van der Waals surface area contributed by atoms with Crippen LogP contribution >= 0.6 is 24.4 Å². The van der Waals surface area contributed by atoms with E-state index < -0.39 is 0 Å². The molecule has 0 aliphatic heterocycles. The Morgan fingerprint density at radius 1 is 1.11 bits per heavy atom. The molecule has 0 saturated carbocycles. The lowest BCUT2D eigenvalue weighted by molar-refractivity contribution is 1.23. The van der Waals surface area contributed by atoms with E-state index >= 15 is 0 Å². The molecule has 0 aromatic heterocycles. The molecule has 0 aliphatic carbocycles. The predicted octanol–water partition coefficient (Wildman–Crippen LogP) is 4.63. The normalized spacial score (nSPS) is 10.4. The second-order valence-electron chi connectivity index (χ2n) is 4.46. The predicted molar refractivity (Wildman–Crippen MR) is 89.5 cm³/mol. The molecular weight excluding hydrogens is 270 g/mol. The molecule has 0 amide bonds. The number of thioether (sulfide) groups is 1. The molecule has 0 radical (unpaired) electrons. The minimum atomic E-state index is 0.849. The average Bonchev–Trinajstić information content (AvgIpc) is 2.43. The molecular formula is C16H19NS2. The SMILES string of the molecule is Cc1cccc(SCc2cccc(NCCS)c2)c1. The highest BCUT2D eigenvalue weighted by Crippen LogP contribution is 2.24. The van der Waals surface area contributed by atoms with Crippen LogP contribution in [0.2, 0.25) is 0 Å². The number of rotatable bonds is 6. The van der Waals surface area contributed by atoms with Gasteiger partial charge in [-0.05, 0) is 36.8 Å². The maximum atomic E-state index is 4.21. The van der Waals surface area contributed by atoms with Gasteiger partial charge in [-0.2, -0.15) is 12.6 Å². The second-order valence-corrected chi connectivity index (χ2v) is 5.95. The van der Waals surface area contributed by atoms with Crippen LogP contribution in [0.25, 0.3) is 0 Å². The Morgan fingerprint density at radius 3 is 2.74 bits per heavy atom. The van der Waals surface area contributed by atoms with E-state index in [1.165, 1.54) is 21.7 Å². The quantitative estimate of drug-likeness (QED) is 0.594. The van der Waals surface area contributed by atoms with E-state index in [1.807, 2.05) is 11.8 Å². The van der Waals surface area contributed by atoms with Crippen LogP contribution in [0.3, 0.4) is 0 Å². The first-order valence-corrected chi connectivity index (χ1v) is 8.03. The third-order valence-electron chi connectivity index (χ3n) is 2.76. The second kappa shape index (κ2) is 7.51. The Balaban J connectivity index is 1.95. The van der Waals surface area contributed by atoms with E-state index in [0.29, 0.717) is 0 Å². The fraction of sp³-hybridized carbons (Fsp3) is 0.250. The summed E-state index contributed by atoms with van der Waals surface area (Å²) in [7, 11) is 0. The Hall–Kier alpha value is -1.06. The summed E-state index contributed by atoms with van der Waals surface area (Å²) in [6.07, 6.45) is 0. The van der Waals surface area contributed by atoms with Crippen LogP contribution in [0, 0.1) is 6.92 Å². The standard InChI is InChI=1S/C16H19NS2/c1-13-4-2-7-16(10-13)19-12-14-5-3-6-15(11-14)17-8-9-18/h2-7,10-11,17-18H,8-9,12H2,1H3. The summed E-state index contributed by atoms with van der Waals surface area (Å²) in [4.78, 5) is 1.33. The Kier molecular flexibility index (Phi) is 5.67. The van der Waals surface area contributed by atoms with Gasteiger partial charge in [0, 0.05) is 28.6 Å². The number of thiol groups is 1. The van der Waals surface area contributed by atoms with Crippen molar-refractivity contribution in [1.29, 1.82) is 0 Å². The van der Waals surface area contributed by atoms with Crippen molar-refractivity contribution in [3.05, 3.63) is 59.7 Å². The smallest absolute Gasteiger partial charge is 0.0343 e. The minimum Gasteiger partial charge on any atom is -0.384 e. The highest BCUT2D eigenvalue weighted by molar-refractivity contribution is 7.98. The fourth-order valence-electron chi connectivity index (χ4n) is 1.84. The van der Waals surface area contributed by atoms with Crippen molar-refractivity contribution < 1.29 is 0 Å². The Bertz CT molecular complexity index is 526. The minimum absolute atomic E-state index is 0.849. The van der Waals surface area contributed by atoms with Gasteiger partial charge in [0.1, 0.15) is 0 Å². The van der Waals surface area contributed by atoms with E-state index in [0.717, 1.165) is 18.1 Å². The molecule has 0 unspecified atom stereocenters. The summed E-state index contributed by atoms with van der Waals surface area (Å²) >= 11 is 6.09. The van der Waals surface area contributed by atoms with Crippen molar-refractivity contribution in [1.82, 2.24) is 0 Å². The molecule has 0 spiro atoms. The number of hydrogen-bond acceptors (Lipinski definition) is 3.